The van der Waals surface area contributed by atoms with Crippen LogP contribution in [0, 0.1) is 11.3 Å². The van der Waals surface area contributed by atoms with Crippen LogP contribution in [0.15, 0.2) is 42.5 Å². The van der Waals surface area contributed by atoms with E-state index in [2.05, 4.69) is 29.6 Å². The number of hydrogen-bond acceptors (Lipinski definition) is 3. The largest absolute Gasteiger partial charge is 0.354 e. The summed E-state index contributed by atoms with van der Waals surface area (Å²) in [5.74, 6) is 1.23. The lowest BCUT2D eigenvalue weighted by Crippen LogP contribution is -2.25. The number of rotatable bonds is 6. The summed E-state index contributed by atoms with van der Waals surface area (Å²) in [5.41, 5.74) is 1.25. The van der Waals surface area contributed by atoms with Gasteiger partial charge in [-0.05, 0) is 16.3 Å². The number of nitrogens with one attached hydrogen (secondary N) is 1. The van der Waals surface area contributed by atoms with Crippen molar-refractivity contribution in [1.29, 1.82) is 5.26 Å². The molecule has 1 amide bonds. The Morgan fingerprint density at radius 3 is 2.85 bits per heavy atom. The summed E-state index contributed by atoms with van der Waals surface area (Å²) >= 11 is 1.59. The molecule has 0 radical (unpaired) electrons. The lowest BCUT2D eigenvalue weighted by molar-refractivity contribution is -0.118. The Balaban J connectivity index is 1.87. The van der Waals surface area contributed by atoms with Crippen LogP contribution in [0.5, 0.6) is 0 Å². The van der Waals surface area contributed by atoms with E-state index in [1.54, 1.807) is 11.8 Å². The van der Waals surface area contributed by atoms with E-state index >= 15 is 0 Å². The Labute approximate surface area is 123 Å². The molecule has 2 aromatic rings. The highest BCUT2D eigenvalue weighted by molar-refractivity contribution is 7.99. The number of hydrogen-bond donors (Lipinski definition) is 1. The van der Waals surface area contributed by atoms with Crippen molar-refractivity contribution in [2.24, 2.45) is 0 Å². The summed E-state index contributed by atoms with van der Waals surface area (Å²) in [4.78, 5) is 11.5. The Kier molecular flexibility index (Phi) is 5.45. The molecule has 0 unspecified atom stereocenters. The molecule has 3 nitrogen and oxygen atoms in total. The molecule has 0 aliphatic carbocycles. The van der Waals surface area contributed by atoms with Gasteiger partial charge in [-0.3, -0.25) is 4.79 Å². The second-order valence-corrected chi connectivity index (χ2v) is 5.37. The van der Waals surface area contributed by atoms with Gasteiger partial charge in [0.15, 0.2) is 0 Å². The zero-order valence-corrected chi connectivity index (χ0v) is 12.0. The second kappa shape index (κ2) is 7.56. The molecule has 2 aromatic carbocycles. The van der Waals surface area contributed by atoms with E-state index in [-0.39, 0.29) is 5.91 Å². The SMILES string of the molecule is N#CCCNC(=O)CSCc1cccc2ccccc12. The molecule has 0 spiro atoms. The minimum Gasteiger partial charge on any atom is -0.354 e. The van der Waals surface area contributed by atoms with Gasteiger partial charge in [0.2, 0.25) is 5.91 Å². The highest BCUT2D eigenvalue weighted by Crippen LogP contribution is 2.22. The molecule has 0 fully saturated rings. The monoisotopic (exact) mass is 284 g/mol. The lowest BCUT2D eigenvalue weighted by atomic mass is 10.1. The quantitative estimate of drug-likeness (QED) is 0.829. The first-order chi connectivity index (χ1) is 9.81. The van der Waals surface area contributed by atoms with E-state index in [4.69, 9.17) is 5.26 Å². The topological polar surface area (TPSA) is 52.9 Å². The Hall–Kier alpha value is -1.99. The van der Waals surface area contributed by atoms with E-state index in [0.717, 1.165) is 5.75 Å². The second-order valence-electron chi connectivity index (χ2n) is 4.39. The number of carbonyl (C=O) groups excluding carboxylic acids is 1. The molecule has 0 bridgehead atoms. The molecule has 1 N–H and O–H groups in total. The van der Waals surface area contributed by atoms with Crippen molar-refractivity contribution in [3.8, 4) is 6.07 Å². The number of thioether (sulfide) groups is 1. The van der Waals surface area contributed by atoms with E-state index in [1.165, 1.54) is 16.3 Å². The predicted molar refractivity (Wildman–Crippen MR) is 83.3 cm³/mol. The Morgan fingerprint density at radius 2 is 2.00 bits per heavy atom. The molecular formula is C16H16N2OS. The summed E-state index contributed by atoms with van der Waals surface area (Å²) < 4.78 is 0. The molecule has 0 aromatic heterocycles. The molecule has 0 saturated carbocycles. The minimum absolute atomic E-state index is 0.00881. The maximum atomic E-state index is 11.5. The third kappa shape index (κ3) is 4.01. The third-order valence-electron chi connectivity index (χ3n) is 2.93. The van der Waals surface area contributed by atoms with Gasteiger partial charge in [-0.1, -0.05) is 42.5 Å². The standard InChI is InChI=1S/C16H16N2OS/c17-9-4-10-18-16(19)12-20-11-14-7-3-6-13-5-1-2-8-15(13)14/h1-3,5-8H,4,10-12H2,(H,18,19). The van der Waals surface area contributed by atoms with Gasteiger partial charge in [0.25, 0.3) is 0 Å². The van der Waals surface area contributed by atoms with Gasteiger partial charge in [0.05, 0.1) is 18.2 Å². The molecule has 0 aliphatic heterocycles. The van der Waals surface area contributed by atoms with Crippen molar-refractivity contribution >= 4 is 28.4 Å². The molecule has 0 heterocycles. The number of amides is 1. The Bertz CT molecular complexity index is 628. The maximum Gasteiger partial charge on any atom is 0.230 e. The van der Waals surface area contributed by atoms with E-state index in [9.17, 15) is 4.79 Å². The van der Waals surface area contributed by atoms with Crippen LogP contribution in [0.4, 0.5) is 0 Å². The number of nitrogens with zero attached hydrogens (tertiary/aromatic N) is 1. The van der Waals surface area contributed by atoms with E-state index in [1.807, 2.05) is 24.3 Å². The fraction of sp³-hybridized carbons (Fsp3) is 0.250. The van der Waals surface area contributed by atoms with Crippen molar-refractivity contribution in [1.82, 2.24) is 5.32 Å². The van der Waals surface area contributed by atoms with Gasteiger partial charge < -0.3 is 5.32 Å². The van der Waals surface area contributed by atoms with E-state index in [0.29, 0.717) is 18.7 Å². The van der Waals surface area contributed by atoms with Crippen LogP contribution in [0.3, 0.4) is 0 Å². The van der Waals surface area contributed by atoms with Crippen LogP contribution >= 0.6 is 11.8 Å². The fourth-order valence-corrected chi connectivity index (χ4v) is 2.84. The van der Waals surface area contributed by atoms with Gasteiger partial charge in [0.1, 0.15) is 0 Å². The molecule has 4 heteroatoms. The normalized spacial score (nSPS) is 10.2. The van der Waals surface area contributed by atoms with Gasteiger partial charge in [-0.25, -0.2) is 0 Å². The third-order valence-corrected chi connectivity index (χ3v) is 3.91. The van der Waals surface area contributed by atoms with Crippen molar-refractivity contribution in [3.05, 3.63) is 48.0 Å². The summed E-state index contributed by atoms with van der Waals surface area (Å²) in [6.45, 7) is 0.435. The number of benzene rings is 2. The summed E-state index contributed by atoms with van der Waals surface area (Å²) in [6.07, 6.45) is 0.361. The molecule has 0 aliphatic rings. The first-order valence-electron chi connectivity index (χ1n) is 6.49. The number of carbonyl (C=O) groups is 1. The fourth-order valence-electron chi connectivity index (χ4n) is 1.98. The summed E-state index contributed by atoms with van der Waals surface area (Å²) in [6, 6.07) is 16.5. The van der Waals surface area contributed by atoms with Crippen LogP contribution in [0.25, 0.3) is 10.8 Å². The maximum absolute atomic E-state index is 11.5. The first kappa shape index (κ1) is 14.4. The van der Waals surface area contributed by atoms with Crippen LogP contribution in [0.2, 0.25) is 0 Å². The smallest absolute Gasteiger partial charge is 0.230 e. The van der Waals surface area contributed by atoms with Crippen LogP contribution in [-0.2, 0) is 10.5 Å². The van der Waals surface area contributed by atoms with Crippen molar-refractivity contribution < 1.29 is 4.79 Å². The number of nitriles is 1. The Morgan fingerprint density at radius 1 is 1.20 bits per heavy atom. The zero-order valence-electron chi connectivity index (χ0n) is 11.1. The molecular weight excluding hydrogens is 268 g/mol. The molecule has 2 rings (SSSR count). The summed E-state index contributed by atoms with van der Waals surface area (Å²) in [5, 5.41) is 13.6. The molecule has 0 atom stereocenters. The number of fused-ring (bicyclic) bond motifs is 1. The van der Waals surface area contributed by atoms with Crippen LogP contribution < -0.4 is 5.32 Å². The van der Waals surface area contributed by atoms with Crippen LogP contribution in [-0.4, -0.2) is 18.2 Å². The van der Waals surface area contributed by atoms with Gasteiger partial charge in [0, 0.05) is 12.3 Å². The highest BCUT2D eigenvalue weighted by atomic mass is 32.2. The lowest BCUT2D eigenvalue weighted by Gasteiger charge is -2.06. The van der Waals surface area contributed by atoms with Crippen molar-refractivity contribution in [3.63, 3.8) is 0 Å². The average molecular weight is 284 g/mol. The van der Waals surface area contributed by atoms with Crippen molar-refractivity contribution in [2.75, 3.05) is 12.3 Å². The van der Waals surface area contributed by atoms with E-state index < -0.39 is 0 Å². The first-order valence-corrected chi connectivity index (χ1v) is 7.65. The van der Waals surface area contributed by atoms with Crippen LogP contribution in [0.1, 0.15) is 12.0 Å². The molecule has 102 valence electrons. The summed E-state index contributed by atoms with van der Waals surface area (Å²) in [7, 11) is 0. The zero-order chi connectivity index (χ0) is 14.2. The average Bonchev–Trinajstić information content (AvgIpc) is 2.48. The molecule has 20 heavy (non-hydrogen) atoms. The van der Waals surface area contributed by atoms with Gasteiger partial charge in [-0.2, -0.15) is 5.26 Å². The highest BCUT2D eigenvalue weighted by Gasteiger charge is 2.03. The molecule has 0 saturated heterocycles. The van der Waals surface area contributed by atoms with Gasteiger partial charge in [-0.15, -0.1) is 11.8 Å². The van der Waals surface area contributed by atoms with Crippen molar-refractivity contribution in [2.45, 2.75) is 12.2 Å². The predicted octanol–water partition coefficient (Wildman–Crippen LogP) is 3.10. The van der Waals surface area contributed by atoms with Gasteiger partial charge >= 0.3 is 0 Å². The minimum atomic E-state index is -0.00881.